The highest BCUT2D eigenvalue weighted by Gasteiger charge is 2.31. The third kappa shape index (κ3) is 6.13. The topological polar surface area (TPSA) is 95.6 Å². The minimum absolute atomic E-state index is 0.0302. The molecule has 0 aliphatic carbocycles. The van der Waals surface area contributed by atoms with Gasteiger partial charge in [0.2, 0.25) is 10.0 Å². The molecule has 1 aliphatic heterocycles. The molecule has 2 unspecified atom stereocenters. The lowest BCUT2D eigenvalue weighted by atomic mass is 9.94. The van der Waals surface area contributed by atoms with Gasteiger partial charge in [0, 0.05) is 30.3 Å². The van der Waals surface area contributed by atoms with E-state index in [4.69, 9.17) is 11.6 Å². The van der Waals surface area contributed by atoms with E-state index in [1.165, 1.54) is 34.6 Å². The zero-order chi connectivity index (χ0) is 24.3. The first-order valence-electron chi connectivity index (χ1n) is 11.0. The van der Waals surface area contributed by atoms with Gasteiger partial charge in [-0.05, 0) is 74.6 Å². The van der Waals surface area contributed by atoms with Gasteiger partial charge in [0.25, 0.3) is 11.8 Å². The molecule has 0 bridgehead atoms. The third-order valence-electron chi connectivity index (χ3n) is 5.49. The van der Waals surface area contributed by atoms with Crippen molar-refractivity contribution >= 4 is 39.1 Å². The number of carbonyl (C=O) groups is 2. The fourth-order valence-corrected chi connectivity index (χ4v) is 5.88. The molecule has 7 nitrogen and oxygen atoms in total. The van der Waals surface area contributed by atoms with E-state index in [0.717, 1.165) is 6.42 Å². The summed E-state index contributed by atoms with van der Waals surface area (Å²) in [5.74, 6) is -0.121. The molecule has 2 aromatic rings. The molecule has 0 saturated carbocycles. The maximum absolute atomic E-state index is 13.0. The first-order chi connectivity index (χ1) is 15.5. The number of amides is 2. The number of sulfonamides is 1. The lowest BCUT2D eigenvalue weighted by Gasteiger charge is -2.34. The average Bonchev–Trinajstić information content (AvgIpc) is 2.74. The number of hydrogen-bond acceptors (Lipinski definition) is 4. The van der Waals surface area contributed by atoms with Crippen LogP contribution in [0.25, 0.3) is 0 Å². The predicted molar refractivity (Wildman–Crippen MR) is 130 cm³/mol. The molecule has 33 heavy (non-hydrogen) atoms. The molecular formula is C24H30ClN3O4S. The molecule has 1 heterocycles. The molecule has 2 amide bonds. The number of benzene rings is 2. The lowest BCUT2D eigenvalue weighted by Crippen LogP contribution is -2.42. The Morgan fingerprint density at radius 3 is 2.12 bits per heavy atom. The second-order valence-electron chi connectivity index (χ2n) is 9.07. The van der Waals surface area contributed by atoms with E-state index in [9.17, 15) is 18.0 Å². The van der Waals surface area contributed by atoms with E-state index in [-0.39, 0.29) is 27.4 Å². The molecular weight excluding hydrogens is 462 g/mol. The highest BCUT2D eigenvalue weighted by Crippen LogP contribution is 2.27. The summed E-state index contributed by atoms with van der Waals surface area (Å²) in [6.45, 7) is 8.80. The molecule has 3 rings (SSSR count). The van der Waals surface area contributed by atoms with Crippen molar-refractivity contribution in [1.82, 2.24) is 9.62 Å². The second-order valence-corrected chi connectivity index (χ2v) is 11.4. The molecule has 2 N–H and O–H groups in total. The van der Waals surface area contributed by atoms with Crippen LogP contribution in [0.1, 0.15) is 54.8 Å². The van der Waals surface area contributed by atoms with Gasteiger partial charge in [0.05, 0.1) is 15.6 Å². The van der Waals surface area contributed by atoms with E-state index < -0.39 is 15.9 Å². The second kappa shape index (κ2) is 10.2. The van der Waals surface area contributed by atoms with Crippen LogP contribution in [0, 0.1) is 11.8 Å². The van der Waals surface area contributed by atoms with E-state index in [1.807, 2.05) is 13.8 Å². The molecule has 1 fully saturated rings. The molecule has 0 aromatic heterocycles. The molecule has 2 aromatic carbocycles. The Bertz CT molecular complexity index is 1120. The summed E-state index contributed by atoms with van der Waals surface area (Å²) < 4.78 is 27.6. The monoisotopic (exact) mass is 491 g/mol. The lowest BCUT2D eigenvalue weighted by molar-refractivity contribution is 0.0941. The Morgan fingerprint density at radius 2 is 1.55 bits per heavy atom. The minimum Gasteiger partial charge on any atom is -0.350 e. The van der Waals surface area contributed by atoms with Gasteiger partial charge in [0.15, 0.2) is 0 Å². The Hall–Kier alpha value is -2.42. The first-order valence-corrected chi connectivity index (χ1v) is 12.8. The predicted octanol–water partition coefficient (Wildman–Crippen LogP) is 4.40. The Balaban J connectivity index is 1.75. The number of anilines is 1. The van der Waals surface area contributed by atoms with Gasteiger partial charge in [-0.15, -0.1) is 0 Å². The van der Waals surface area contributed by atoms with E-state index >= 15 is 0 Å². The van der Waals surface area contributed by atoms with Gasteiger partial charge in [-0.1, -0.05) is 25.4 Å². The Labute approximate surface area is 200 Å². The standard InChI is InChI=1S/C24H30ClN3O4S/c1-15(2)26-24(30)19-7-10-21(25)22(12-19)27-23(29)18-5-8-20(9-6-18)33(31,32)28-13-16(3)11-17(4)14-28/h5-10,12,15-17H,11,13-14H2,1-4H3,(H,26,30)(H,27,29). The van der Waals surface area contributed by atoms with Crippen LogP contribution in [0.4, 0.5) is 5.69 Å². The minimum atomic E-state index is -3.63. The summed E-state index contributed by atoms with van der Waals surface area (Å²) in [6, 6.07) is 10.4. The molecule has 178 valence electrons. The molecule has 0 spiro atoms. The van der Waals surface area contributed by atoms with Crippen molar-refractivity contribution in [2.45, 2.75) is 45.1 Å². The van der Waals surface area contributed by atoms with Crippen molar-refractivity contribution in [3.8, 4) is 0 Å². The molecule has 9 heteroatoms. The number of nitrogens with one attached hydrogen (secondary N) is 2. The largest absolute Gasteiger partial charge is 0.350 e. The quantitative estimate of drug-likeness (QED) is 0.626. The Morgan fingerprint density at radius 1 is 0.970 bits per heavy atom. The number of hydrogen-bond donors (Lipinski definition) is 2. The van der Waals surface area contributed by atoms with Crippen LogP contribution in [0.15, 0.2) is 47.4 Å². The van der Waals surface area contributed by atoms with Crippen molar-refractivity contribution in [2.75, 3.05) is 18.4 Å². The van der Waals surface area contributed by atoms with Crippen LogP contribution in [0.3, 0.4) is 0 Å². The fourth-order valence-electron chi connectivity index (χ4n) is 4.03. The fraction of sp³-hybridized carbons (Fsp3) is 0.417. The number of rotatable bonds is 6. The van der Waals surface area contributed by atoms with Crippen LogP contribution in [-0.4, -0.2) is 43.7 Å². The average molecular weight is 492 g/mol. The first kappa shape index (κ1) is 25.2. The van der Waals surface area contributed by atoms with Crippen molar-refractivity contribution in [1.29, 1.82) is 0 Å². The van der Waals surface area contributed by atoms with Crippen molar-refractivity contribution in [2.24, 2.45) is 11.8 Å². The van der Waals surface area contributed by atoms with Gasteiger partial charge < -0.3 is 10.6 Å². The molecule has 1 aliphatic rings. The summed E-state index contributed by atoms with van der Waals surface area (Å²) in [7, 11) is -3.63. The molecule has 0 radical (unpaired) electrons. The van der Waals surface area contributed by atoms with E-state index in [2.05, 4.69) is 24.5 Å². The van der Waals surface area contributed by atoms with Crippen molar-refractivity contribution in [3.05, 3.63) is 58.6 Å². The highest BCUT2D eigenvalue weighted by atomic mass is 35.5. The van der Waals surface area contributed by atoms with Crippen LogP contribution in [-0.2, 0) is 10.0 Å². The Kier molecular flexibility index (Phi) is 7.82. The third-order valence-corrected chi connectivity index (χ3v) is 7.66. The number of piperidine rings is 1. The van der Waals surface area contributed by atoms with E-state index in [0.29, 0.717) is 36.2 Å². The van der Waals surface area contributed by atoms with Gasteiger partial charge in [0.1, 0.15) is 0 Å². The van der Waals surface area contributed by atoms with Crippen LogP contribution in [0.5, 0.6) is 0 Å². The van der Waals surface area contributed by atoms with Gasteiger partial charge in [-0.3, -0.25) is 9.59 Å². The van der Waals surface area contributed by atoms with Crippen molar-refractivity contribution < 1.29 is 18.0 Å². The smallest absolute Gasteiger partial charge is 0.255 e. The van der Waals surface area contributed by atoms with E-state index in [1.54, 1.807) is 12.1 Å². The van der Waals surface area contributed by atoms with Crippen molar-refractivity contribution in [3.63, 3.8) is 0 Å². The van der Waals surface area contributed by atoms with Crippen LogP contribution < -0.4 is 10.6 Å². The maximum atomic E-state index is 13.0. The van der Waals surface area contributed by atoms with Gasteiger partial charge >= 0.3 is 0 Å². The van der Waals surface area contributed by atoms with Crippen LogP contribution >= 0.6 is 11.6 Å². The highest BCUT2D eigenvalue weighted by molar-refractivity contribution is 7.89. The summed E-state index contributed by atoms with van der Waals surface area (Å²) in [6.07, 6.45) is 1.01. The summed E-state index contributed by atoms with van der Waals surface area (Å²) in [4.78, 5) is 25.2. The van der Waals surface area contributed by atoms with Crippen LogP contribution in [0.2, 0.25) is 5.02 Å². The van der Waals surface area contributed by atoms with Gasteiger partial charge in [-0.25, -0.2) is 8.42 Å². The molecule has 1 saturated heterocycles. The SMILES string of the molecule is CC1CC(C)CN(S(=O)(=O)c2ccc(C(=O)Nc3cc(C(=O)NC(C)C)ccc3Cl)cc2)C1. The number of halogens is 1. The number of carbonyl (C=O) groups excluding carboxylic acids is 2. The normalized spacial score (nSPS) is 19.3. The maximum Gasteiger partial charge on any atom is 0.255 e. The zero-order valence-electron chi connectivity index (χ0n) is 19.3. The molecule has 2 atom stereocenters. The number of nitrogens with zero attached hydrogens (tertiary/aromatic N) is 1. The summed E-state index contributed by atoms with van der Waals surface area (Å²) >= 11 is 6.20. The van der Waals surface area contributed by atoms with Gasteiger partial charge in [-0.2, -0.15) is 4.31 Å². The summed E-state index contributed by atoms with van der Waals surface area (Å²) in [5.41, 5.74) is 0.948. The summed E-state index contributed by atoms with van der Waals surface area (Å²) in [5, 5.41) is 5.77. The zero-order valence-corrected chi connectivity index (χ0v) is 20.8.